The molecule has 2 aliphatic rings. The fourth-order valence-electron chi connectivity index (χ4n) is 3.27. The van der Waals surface area contributed by atoms with Gasteiger partial charge in [0.2, 0.25) is 11.8 Å². The standard InChI is InChI=1S/C16H17F3N2O2/c17-16(18,19)11-5-3-10(4-6-11)13-2-1-9-21(13)15(23)12-7-8-14(22)20-12/h3-6,12-13H,1-2,7-9H2,(H,20,22). The summed E-state index contributed by atoms with van der Waals surface area (Å²) in [5, 5.41) is 2.65. The maximum atomic E-state index is 12.6. The van der Waals surface area contributed by atoms with Gasteiger partial charge >= 0.3 is 6.18 Å². The lowest BCUT2D eigenvalue weighted by Crippen LogP contribution is -2.44. The molecule has 0 spiro atoms. The first-order valence-corrected chi connectivity index (χ1v) is 7.63. The Labute approximate surface area is 131 Å². The first-order chi connectivity index (χ1) is 10.9. The lowest BCUT2D eigenvalue weighted by molar-refractivity contribution is -0.138. The van der Waals surface area contributed by atoms with E-state index in [1.165, 1.54) is 12.1 Å². The zero-order chi connectivity index (χ0) is 16.6. The van der Waals surface area contributed by atoms with Gasteiger partial charge in [-0.05, 0) is 37.0 Å². The van der Waals surface area contributed by atoms with Crippen molar-refractivity contribution < 1.29 is 22.8 Å². The van der Waals surface area contributed by atoms with Gasteiger partial charge in [-0.15, -0.1) is 0 Å². The number of rotatable bonds is 2. The summed E-state index contributed by atoms with van der Waals surface area (Å²) in [4.78, 5) is 25.5. The first-order valence-electron chi connectivity index (χ1n) is 7.63. The van der Waals surface area contributed by atoms with Crippen LogP contribution in [0.5, 0.6) is 0 Å². The van der Waals surface area contributed by atoms with E-state index in [9.17, 15) is 22.8 Å². The van der Waals surface area contributed by atoms with Gasteiger partial charge in [0.25, 0.3) is 0 Å². The largest absolute Gasteiger partial charge is 0.416 e. The highest BCUT2D eigenvalue weighted by Crippen LogP contribution is 2.35. The van der Waals surface area contributed by atoms with Crippen molar-refractivity contribution in [3.8, 4) is 0 Å². The normalized spacial score (nSPS) is 24.8. The van der Waals surface area contributed by atoms with Crippen molar-refractivity contribution in [2.45, 2.75) is 43.9 Å². The Balaban J connectivity index is 1.76. The summed E-state index contributed by atoms with van der Waals surface area (Å²) in [7, 11) is 0. The topological polar surface area (TPSA) is 49.4 Å². The van der Waals surface area contributed by atoms with Gasteiger partial charge in [-0.25, -0.2) is 0 Å². The van der Waals surface area contributed by atoms with E-state index in [1.807, 2.05) is 0 Å². The van der Waals surface area contributed by atoms with Crippen LogP contribution in [0, 0.1) is 0 Å². The predicted octanol–water partition coefficient (Wildman–Crippen LogP) is 2.65. The van der Waals surface area contributed by atoms with Gasteiger partial charge in [-0.1, -0.05) is 12.1 Å². The van der Waals surface area contributed by atoms with E-state index < -0.39 is 17.8 Å². The molecule has 23 heavy (non-hydrogen) atoms. The molecular formula is C16H17F3N2O2. The van der Waals surface area contributed by atoms with Crippen LogP contribution in [0.1, 0.15) is 42.9 Å². The highest BCUT2D eigenvalue weighted by Gasteiger charge is 2.37. The van der Waals surface area contributed by atoms with Gasteiger partial charge in [-0.2, -0.15) is 13.2 Å². The van der Waals surface area contributed by atoms with Crippen LogP contribution in [0.2, 0.25) is 0 Å². The summed E-state index contributed by atoms with van der Waals surface area (Å²) >= 11 is 0. The number of hydrogen-bond acceptors (Lipinski definition) is 2. The van der Waals surface area contributed by atoms with E-state index in [1.54, 1.807) is 4.90 Å². The monoisotopic (exact) mass is 326 g/mol. The minimum Gasteiger partial charge on any atom is -0.344 e. The summed E-state index contributed by atoms with van der Waals surface area (Å²) in [5.41, 5.74) is 0.00773. The third kappa shape index (κ3) is 3.18. The van der Waals surface area contributed by atoms with E-state index in [-0.39, 0.29) is 17.9 Å². The number of alkyl halides is 3. The van der Waals surface area contributed by atoms with Crippen molar-refractivity contribution in [3.63, 3.8) is 0 Å². The Bertz CT molecular complexity index is 613. The lowest BCUT2D eigenvalue weighted by atomic mass is 10.0. The van der Waals surface area contributed by atoms with Crippen molar-refractivity contribution in [2.24, 2.45) is 0 Å². The van der Waals surface area contributed by atoms with E-state index >= 15 is 0 Å². The molecule has 7 heteroatoms. The van der Waals surface area contributed by atoms with E-state index in [0.717, 1.165) is 25.0 Å². The van der Waals surface area contributed by atoms with Crippen LogP contribution >= 0.6 is 0 Å². The Morgan fingerprint density at radius 1 is 1.17 bits per heavy atom. The first kappa shape index (κ1) is 15.8. The molecule has 0 aliphatic carbocycles. The van der Waals surface area contributed by atoms with Crippen LogP contribution in [0.15, 0.2) is 24.3 Å². The molecule has 1 aromatic carbocycles. The van der Waals surface area contributed by atoms with Crippen LogP contribution in [0.4, 0.5) is 13.2 Å². The van der Waals surface area contributed by atoms with Crippen LogP contribution in [-0.2, 0) is 15.8 Å². The molecule has 0 saturated carbocycles. The molecule has 2 fully saturated rings. The van der Waals surface area contributed by atoms with Crippen molar-refractivity contribution in [1.29, 1.82) is 0 Å². The molecule has 3 rings (SSSR count). The van der Waals surface area contributed by atoms with Crippen LogP contribution in [0.25, 0.3) is 0 Å². The summed E-state index contributed by atoms with van der Waals surface area (Å²) in [5.74, 6) is -0.271. The second-order valence-corrected chi connectivity index (χ2v) is 5.97. The average molecular weight is 326 g/mol. The predicted molar refractivity (Wildman–Crippen MR) is 76.3 cm³/mol. The quantitative estimate of drug-likeness (QED) is 0.908. The third-order valence-corrected chi connectivity index (χ3v) is 4.45. The van der Waals surface area contributed by atoms with Gasteiger partial charge in [-0.3, -0.25) is 9.59 Å². The molecule has 0 aromatic heterocycles. The average Bonchev–Trinajstić information content (AvgIpc) is 3.14. The molecule has 4 nitrogen and oxygen atoms in total. The lowest BCUT2D eigenvalue weighted by Gasteiger charge is -2.27. The van der Waals surface area contributed by atoms with E-state index in [0.29, 0.717) is 24.9 Å². The molecule has 2 amide bonds. The summed E-state index contributed by atoms with van der Waals surface area (Å²) < 4.78 is 37.9. The second-order valence-electron chi connectivity index (χ2n) is 5.97. The Kier molecular flexibility index (Phi) is 4.04. The summed E-state index contributed by atoms with van der Waals surface area (Å²) in [6, 6.07) is 4.25. The van der Waals surface area contributed by atoms with Gasteiger partial charge < -0.3 is 10.2 Å². The highest BCUT2D eigenvalue weighted by atomic mass is 19.4. The van der Waals surface area contributed by atoms with Crippen LogP contribution in [-0.4, -0.2) is 29.3 Å². The summed E-state index contributed by atoms with van der Waals surface area (Å²) in [6.45, 7) is 0.566. The SMILES string of the molecule is O=C1CCC(C(=O)N2CCCC2c2ccc(C(F)(F)F)cc2)N1. The van der Waals surface area contributed by atoms with Crippen LogP contribution < -0.4 is 5.32 Å². The van der Waals surface area contributed by atoms with Gasteiger partial charge in [0, 0.05) is 13.0 Å². The Morgan fingerprint density at radius 3 is 2.43 bits per heavy atom. The second kappa shape index (κ2) is 5.86. The van der Waals surface area contributed by atoms with Gasteiger partial charge in [0.15, 0.2) is 0 Å². The third-order valence-electron chi connectivity index (χ3n) is 4.45. The molecule has 0 bridgehead atoms. The zero-order valence-corrected chi connectivity index (χ0v) is 12.4. The molecule has 2 unspecified atom stereocenters. The molecule has 2 atom stereocenters. The number of nitrogens with one attached hydrogen (secondary N) is 1. The van der Waals surface area contributed by atoms with Crippen molar-refractivity contribution in [2.75, 3.05) is 6.54 Å². The van der Waals surface area contributed by atoms with Crippen molar-refractivity contribution >= 4 is 11.8 Å². The minimum absolute atomic E-state index is 0.131. The molecule has 1 N–H and O–H groups in total. The maximum absolute atomic E-state index is 12.6. The molecule has 124 valence electrons. The van der Waals surface area contributed by atoms with Crippen molar-refractivity contribution in [1.82, 2.24) is 10.2 Å². The van der Waals surface area contributed by atoms with E-state index in [2.05, 4.69) is 5.32 Å². The Hall–Kier alpha value is -2.05. The fourth-order valence-corrected chi connectivity index (χ4v) is 3.27. The van der Waals surface area contributed by atoms with Crippen molar-refractivity contribution in [3.05, 3.63) is 35.4 Å². The minimum atomic E-state index is -4.36. The molecule has 2 aliphatic heterocycles. The molecular weight excluding hydrogens is 309 g/mol. The molecule has 2 heterocycles. The number of carbonyl (C=O) groups excluding carboxylic acids is 2. The molecule has 2 saturated heterocycles. The number of likely N-dealkylation sites (tertiary alicyclic amines) is 1. The zero-order valence-electron chi connectivity index (χ0n) is 12.4. The smallest absolute Gasteiger partial charge is 0.344 e. The van der Waals surface area contributed by atoms with E-state index in [4.69, 9.17) is 0 Å². The van der Waals surface area contributed by atoms with Gasteiger partial charge in [0.1, 0.15) is 6.04 Å². The number of hydrogen-bond donors (Lipinski definition) is 1. The molecule has 0 radical (unpaired) electrons. The maximum Gasteiger partial charge on any atom is 0.416 e. The van der Waals surface area contributed by atoms with Gasteiger partial charge in [0.05, 0.1) is 11.6 Å². The van der Waals surface area contributed by atoms with Crippen LogP contribution in [0.3, 0.4) is 0 Å². The fraction of sp³-hybridized carbons (Fsp3) is 0.500. The molecule has 1 aromatic rings. The number of amides is 2. The number of carbonyl (C=O) groups is 2. The Morgan fingerprint density at radius 2 is 1.87 bits per heavy atom. The number of benzene rings is 1. The number of halogens is 3. The number of nitrogens with zero attached hydrogens (tertiary/aromatic N) is 1. The highest BCUT2D eigenvalue weighted by molar-refractivity contribution is 5.91. The summed E-state index contributed by atoms with van der Waals surface area (Å²) in [6.07, 6.45) is -2.02.